The average molecular weight is 306 g/mol. The summed E-state index contributed by atoms with van der Waals surface area (Å²) in [6, 6.07) is 5.46. The Bertz CT molecular complexity index is 643. The summed E-state index contributed by atoms with van der Waals surface area (Å²) in [5.41, 5.74) is 1.39. The van der Waals surface area contributed by atoms with Crippen LogP contribution in [0.3, 0.4) is 0 Å². The van der Waals surface area contributed by atoms with E-state index in [0.29, 0.717) is 17.1 Å². The van der Waals surface area contributed by atoms with Gasteiger partial charge in [0.05, 0.1) is 11.6 Å². The lowest BCUT2D eigenvalue weighted by Crippen LogP contribution is -2.29. The topological polar surface area (TPSA) is 63.1 Å². The minimum Gasteiger partial charge on any atom is -0.387 e. The Morgan fingerprint density at radius 1 is 1.48 bits per heavy atom. The molecule has 1 aliphatic heterocycles. The van der Waals surface area contributed by atoms with Gasteiger partial charge in [0.1, 0.15) is 12.7 Å². The third kappa shape index (κ3) is 2.71. The number of hydrogen-bond donors (Lipinski definition) is 1. The van der Waals surface area contributed by atoms with Crippen molar-refractivity contribution in [1.82, 2.24) is 19.7 Å². The smallest absolute Gasteiger partial charge is 0.256 e. The number of nitrogens with zero attached hydrogens (tertiary/aromatic N) is 4. The molecule has 1 aliphatic rings. The number of hydrogen-bond acceptors (Lipinski definition) is 4. The second-order valence-electron chi connectivity index (χ2n) is 5.01. The number of nitrogens with one attached hydrogen (secondary N) is 1. The van der Waals surface area contributed by atoms with Crippen LogP contribution in [0.5, 0.6) is 0 Å². The summed E-state index contributed by atoms with van der Waals surface area (Å²) in [4.78, 5) is 18.4. The van der Waals surface area contributed by atoms with E-state index in [4.69, 9.17) is 11.6 Å². The van der Waals surface area contributed by atoms with E-state index in [9.17, 15) is 4.79 Å². The lowest BCUT2D eigenvalue weighted by Gasteiger charge is -2.18. The number of likely N-dealkylation sites (tertiary alicyclic amines) is 1. The fourth-order valence-electron chi connectivity index (χ4n) is 2.63. The van der Waals surface area contributed by atoms with E-state index < -0.39 is 0 Å². The van der Waals surface area contributed by atoms with Gasteiger partial charge in [-0.15, -0.1) is 0 Å². The van der Waals surface area contributed by atoms with E-state index in [1.165, 1.54) is 6.33 Å². The standard InChI is InChI=1S/C14H16ClN5O/c1-16-13-6-10(15)2-3-12(13)14(21)19-5-4-11(7-19)20-9-17-8-18-20/h2-3,6,8-9,11,16H,4-5,7H2,1H3/t11-/m0/s1. The van der Waals surface area contributed by atoms with E-state index in [-0.39, 0.29) is 11.9 Å². The first-order valence-electron chi connectivity index (χ1n) is 6.79. The van der Waals surface area contributed by atoms with Crippen LogP contribution in [-0.4, -0.2) is 45.7 Å². The fourth-order valence-corrected chi connectivity index (χ4v) is 2.80. The van der Waals surface area contributed by atoms with E-state index in [2.05, 4.69) is 15.4 Å². The van der Waals surface area contributed by atoms with Crippen LogP contribution in [0.25, 0.3) is 0 Å². The van der Waals surface area contributed by atoms with E-state index >= 15 is 0 Å². The van der Waals surface area contributed by atoms with Crippen molar-refractivity contribution in [3.05, 3.63) is 41.4 Å². The second-order valence-corrected chi connectivity index (χ2v) is 5.45. The van der Waals surface area contributed by atoms with Crippen LogP contribution in [0, 0.1) is 0 Å². The predicted molar refractivity (Wildman–Crippen MR) is 80.6 cm³/mol. The minimum atomic E-state index is 0.0126. The van der Waals surface area contributed by atoms with E-state index in [1.807, 2.05) is 9.58 Å². The molecule has 110 valence electrons. The molecule has 7 heteroatoms. The van der Waals surface area contributed by atoms with Crippen molar-refractivity contribution in [2.24, 2.45) is 0 Å². The van der Waals surface area contributed by atoms with Gasteiger partial charge in [-0.2, -0.15) is 5.10 Å². The molecule has 6 nitrogen and oxygen atoms in total. The summed E-state index contributed by atoms with van der Waals surface area (Å²) in [5, 5.41) is 7.78. The monoisotopic (exact) mass is 305 g/mol. The minimum absolute atomic E-state index is 0.0126. The summed E-state index contributed by atoms with van der Waals surface area (Å²) in [6.45, 7) is 1.36. The molecule has 0 saturated carbocycles. The van der Waals surface area contributed by atoms with Crippen LogP contribution < -0.4 is 5.32 Å². The molecular formula is C14H16ClN5O. The third-order valence-corrected chi connectivity index (χ3v) is 3.98. The van der Waals surface area contributed by atoms with Gasteiger partial charge in [-0.05, 0) is 24.6 Å². The van der Waals surface area contributed by atoms with Crippen LogP contribution in [0.1, 0.15) is 22.8 Å². The highest BCUT2D eigenvalue weighted by molar-refractivity contribution is 6.31. The highest BCUT2D eigenvalue weighted by atomic mass is 35.5. The van der Waals surface area contributed by atoms with Crippen LogP contribution in [-0.2, 0) is 0 Å². The van der Waals surface area contributed by atoms with Gasteiger partial charge in [0.15, 0.2) is 0 Å². The zero-order valence-corrected chi connectivity index (χ0v) is 12.4. The molecule has 0 radical (unpaired) electrons. The van der Waals surface area contributed by atoms with Gasteiger partial charge < -0.3 is 10.2 Å². The van der Waals surface area contributed by atoms with Crippen molar-refractivity contribution >= 4 is 23.2 Å². The SMILES string of the molecule is CNc1cc(Cl)ccc1C(=O)N1CC[C@H](n2cncn2)C1. The fraction of sp³-hybridized carbons (Fsp3) is 0.357. The summed E-state index contributed by atoms with van der Waals surface area (Å²) >= 11 is 5.97. The molecule has 0 aliphatic carbocycles. The van der Waals surface area contributed by atoms with Gasteiger partial charge >= 0.3 is 0 Å². The largest absolute Gasteiger partial charge is 0.387 e. The molecule has 2 aromatic rings. The van der Waals surface area contributed by atoms with E-state index in [1.54, 1.807) is 31.6 Å². The van der Waals surface area contributed by atoms with Crippen LogP contribution >= 0.6 is 11.6 Å². The summed E-state index contributed by atoms with van der Waals surface area (Å²) in [6.07, 6.45) is 4.10. The lowest BCUT2D eigenvalue weighted by atomic mass is 10.1. The average Bonchev–Trinajstić information content (AvgIpc) is 3.17. The number of rotatable bonds is 3. The van der Waals surface area contributed by atoms with Crippen LogP contribution in [0.2, 0.25) is 5.02 Å². The molecule has 1 aromatic carbocycles. The number of aromatic nitrogens is 3. The highest BCUT2D eigenvalue weighted by Gasteiger charge is 2.29. The Balaban J connectivity index is 1.77. The van der Waals surface area contributed by atoms with Crippen LogP contribution in [0.4, 0.5) is 5.69 Å². The molecule has 1 amide bonds. The Morgan fingerprint density at radius 3 is 3.05 bits per heavy atom. The molecule has 3 rings (SSSR count). The number of amides is 1. The number of carbonyl (C=O) groups is 1. The molecule has 1 fully saturated rings. The van der Waals surface area contributed by atoms with Crippen molar-refractivity contribution in [2.45, 2.75) is 12.5 Å². The Labute approximate surface area is 127 Å². The number of carbonyl (C=O) groups excluding carboxylic acids is 1. The Hall–Kier alpha value is -2.08. The lowest BCUT2D eigenvalue weighted by molar-refractivity contribution is 0.0788. The zero-order chi connectivity index (χ0) is 14.8. The maximum Gasteiger partial charge on any atom is 0.256 e. The normalized spacial score (nSPS) is 18.0. The summed E-state index contributed by atoms with van der Waals surface area (Å²) in [7, 11) is 1.78. The molecule has 1 N–H and O–H groups in total. The van der Waals surface area contributed by atoms with Crippen LogP contribution in [0.15, 0.2) is 30.9 Å². The number of halogens is 1. The molecule has 0 bridgehead atoms. The van der Waals surface area contributed by atoms with Crippen molar-refractivity contribution in [1.29, 1.82) is 0 Å². The van der Waals surface area contributed by atoms with Crippen molar-refractivity contribution < 1.29 is 4.79 Å². The molecule has 1 atom stereocenters. The molecule has 1 saturated heterocycles. The van der Waals surface area contributed by atoms with Gasteiger partial charge in [0.25, 0.3) is 5.91 Å². The second kappa shape index (κ2) is 5.73. The molecule has 0 unspecified atom stereocenters. The quantitative estimate of drug-likeness (QED) is 0.943. The van der Waals surface area contributed by atoms with Gasteiger partial charge in [0, 0.05) is 30.8 Å². The first-order chi connectivity index (χ1) is 10.2. The first-order valence-corrected chi connectivity index (χ1v) is 7.17. The van der Waals surface area contributed by atoms with Gasteiger partial charge in [0.2, 0.25) is 0 Å². The van der Waals surface area contributed by atoms with E-state index in [0.717, 1.165) is 18.7 Å². The molecule has 0 spiro atoms. The molecule has 2 heterocycles. The molecular weight excluding hydrogens is 290 g/mol. The zero-order valence-electron chi connectivity index (χ0n) is 11.7. The Kier molecular flexibility index (Phi) is 3.79. The van der Waals surface area contributed by atoms with Gasteiger partial charge in [-0.25, -0.2) is 9.67 Å². The van der Waals surface area contributed by atoms with Crippen molar-refractivity contribution in [3.63, 3.8) is 0 Å². The maximum atomic E-state index is 12.7. The molecule has 1 aromatic heterocycles. The Morgan fingerprint density at radius 2 is 2.33 bits per heavy atom. The third-order valence-electron chi connectivity index (χ3n) is 3.74. The van der Waals surface area contributed by atoms with Gasteiger partial charge in [-0.1, -0.05) is 11.6 Å². The van der Waals surface area contributed by atoms with Crippen molar-refractivity contribution in [2.75, 3.05) is 25.5 Å². The first kappa shape index (κ1) is 13.9. The highest BCUT2D eigenvalue weighted by Crippen LogP contribution is 2.26. The maximum absolute atomic E-state index is 12.7. The molecule has 21 heavy (non-hydrogen) atoms. The predicted octanol–water partition coefficient (Wildman–Crippen LogP) is 2.06. The van der Waals surface area contributed by atoms with Gasteiger partial charge in [-0.3, -0.25) is 4.79 Å². The van der Waals surface area contributed by atoms with Crippen molar-refractivity contribution in [3.8, 4) is 0 Å². The number of benzene rings is 1. The summed E-state index contributed by atoms with van der Waals surface area (Å²) < 4.78 is 1.81. The summed E-state index contributed by atoms with van der Waals surface area (Å²) in [5.74, 6) is 0.0126. The number of anilines is 1.